The molecule has 5 atom stereocenters. The van der Waals surface area contributed by atoms with Crippen LogP contribution in [-0.4, -0.2) is 79.6 Å². The van der Waals surface area contributed by atoms with Crippen LogP contribution in [0.15, 0.2) is 36.4 Å². The fourth-order valence-corrected chi connectivity index (χ4v) is 7.06. The molecule has 0 aliphatic carbocycles. The van der Waals surface area contributed by atoms with Gasteiger partial charge in [0.2, 0.25) is 11.8 Å². The maximum atomic E-state index is 14.9. The van der Waals surface area contributed by atoms with Crippen molar-refractivity contribution in [2.45, 2.75) is 89.8 Å². The Morgan fingerprint density at radius 3 is 2.52 bits per heavy atom. The van der Waals surface area contributed by atoms with E-state index < -0.39 is 35.9 Å². The van der Waals surface area contributed by atoms with Crippen molar-refractivity contribution in [3.8, 4) is 11.5 Å². The van der Waals surface area contributed by atoms with Gasteiger partial charge in [-0.05, 0) is 67.5 Å². The van der Waals surface area contributed by atoms with Crippen LogP contribution in [0.25, 0.3) is 33.5 Å². The summed E-state index contributed by atoms with van der Waals surface area (Å²) in [5, 5.41) is 0.719. The van der Waals surface area contributed by atoms with Gasteiger partial charge in [0.25, 0.3) is 0 Å². The number of carbonyl (C=O) groups excluding carboxylic acids is 2. The highest BCUT2D eigenvalue weighted by Crippen LogP contribution is 2.37. The average molecular weight is 638 g/mol. The number of imidazole rings is 1. The Labute approximate surface area is 266 Å². The summed E-state index contributed by atoms with van der Waals surface area (Å²) >= 11 is 0. The number of carbonyl (C=O) groups is 2. The molecule has 12 heteroatoms. The molecule has 4 heterocycles. The van der Waals surface area contributed by atoms with Gasteiger partial charge in [0, 0.05) is 48.6 Å². The van der Waals surface area contributed by atoms with Crippen LogP contribution in [0.2, 0.25) is 0 Å². The Morgan fingerprint density at radius 1 is 1.04 bits per heavy atom. The predicted molar refractivity (Wildman–Crippen MR) is 171 cm³/mol. The molecule has 246 valence electrons. The first-order valence-electron chi connectivity index (χ1n) is 16.2. The average Bonchev–Trinajstić information content (AvgIpc) is 3.80. The number of hydrogen-bond acceptors (Lipinski definition) is 5. The lowest BCUT2D eigenvalue weighted by molar-refractivity contribution is -0.135. The van der Waals surface area contributed by atoms with Gasteiger partial charge in [-0.1, -0.05) is 20.8 Å². The highest BCUT2D eigenvalue weighted by molar-refractivity contribution is 5.92. The Hall–Kier alpha value is -3.90. The van der Waals surface area contributed by atoms with Gasteiger partial charge in [-0.25, -0.2) is 18.2 Å². The summed E-state index contributed by atoms with van der Waals surface area (Å²) < 4.78 is 45.8. The van der Waals surface area contributed by atoms with E-state index in [0.717, 1.165) is 23.8 Å². The van der Waals surface area contributed by atoms with Crippen molar-refractivity contribution in [1.29, 1.82) is 0 Å². The van der Waals surface area contributed by atoms with Crippen molar-refractivity contribution in [3.63, 3.8) is 0 Å². The first-order chi connectivity index (χ1) is 22.0. The summed E-state index contributed by atoms with van der Waals surface area (Å²) in [7, 11) is 0. The molecule has 2 aromatic heterocycles. The van der Waals surface area contributed by atoms with Crippen LogP contribution < -0.4 is 11.5 Å². The molecule has 46 heavy (non-hydrogen) atoms. The summed E-state index contributed by atoms with van der Waals surface area (Å²) in [6.45, 7) is 6.59. The quantitative estimate of drug-likeness (QED) is 0.246. The molecule has 2 aromatic carbocycles. The third kappa shape index (κ3) is 5.88. The number of aromatic nitrogens is 3. The highest BCUT2D eigenvalue weighted by atomic mass is 19.1. The molecule has 0 saturated carbocycles. The van der Waals surface area contributed by atoms with Crippen molar-refractivity contribution in [2.24, 2.45) is 17.4 Å². The zero-order valence-electron chi connectivity index (χ0n) is 26.5. The number of hydrogen-bond donors (Lipinski definition) is 3. The standard InChI is InChI=1S/C34H42F3N7O2/c1-4-26(38)33(45)43-16-21(37)12-23(43)15-25-24-9-7-19(35)13-27(24)40-31(25)32-41-28-14-20(36)8-10-29(28)44(32)17-22-6-5-11-42(22)34(46)30(39)18(2)3/h7-10,13-14,18,21-23,26,30,40H,4-6,11-12,15-17,38-39H2,1-3H3/t21-,22-,23-,26-,30-/m0/s1. The van der Waals surface area contributed by atoms with Gasteiger partial charge in [-0.15, -0.1) is 0 Å². The summed E-state index contributed by atoms with van der Waals surface area (Å²) in [5.74, 6) is -0.808. The Morgan fingerprint density at radius 2 is 1.78 bits per heavy atom. The summed E-state index contributed by atoms with van der Waals surface area (Å²) in [6, 6.07) is 6.83. The van der Waals surface area contributed by atoms with Gasteiger partial charge >= 0.3 is 0 Å². The molecular formula is C34H42F3N7O2. The van der Waals surface area contributed by atoms with Crippen molar-refractivity contribution >= 4 is 33.8 Å². The van der Waals surface area contributed by atoms with Crippen LogP contribution in [0, 0.1) is 17.6 Å². The van der Waals surface area contributed by atoms with Gasteiger partial charge in [-0.3, -0.25) is 9.59 Å². The minimum atomic E-state index is -1.19. The molecule has 0 unspecified atom stereocenters. The maximum absolute atomic E-state index is 14.9. The number of fused-ring (bicyclic) bond motifs is 2. The molecule has 4 aromatic rings. The number of nitrogens with zero attached hydrogens (tertiary/aromatic N) is 4. The van der Waals surface area contributed by atoms with Crippen LogP contribution in [0.4, 0.5) is 13.2 Å². The van der Waals surface area contributed by atoms with E-state index in [9.17, 15) is 22.8 Å². The van der Waals surface area contributed by atoms with Crippen LogP contribution in [0.3, 0.4) is 0 Å². The van der Waals surface area contributed by atoms with E-state index in [1.807, 2.05) is 30.2 Å². The van der Waals surface area contributed by atoms with E-state index >= 15 is 0 Å². The van der Waals surface area contributed by atoms with E-state index in [1.165, 1.54) is 29.2 Å². The number of H-pyrrole nitrogens is 1. The number of benzene rings is 2. The van der Waals surface area contributed by atoms with Crippen LogP contribution in [-0.2, 0) is 22.6 Å². The number of aromatic amines is 1. The molecule has 2 aliphatic rings. The second-order valence-corrected chi connectivity index (χ2v) is 13.1. The zero-order chi connectivity index (χ0) is 32.9. The van der Waals surface area contributed by atoms with Gasteiger partial charge in [-0.2, -0.15) is 0 Å². The molecule has 0 spiro atoms. The molecule has 0 radical (unpaired) electrons. The normalized spacial score (nSPS) is 21.6. The second-order valence-electron chi connectivity index (χ2n) is 13.1. The van der Waals surface area contributed by atoms with E-state index in [1.54, 1.807) is 12.1 Å². The lowest BCUT2D eigenvalue weighted by Gasteiger charge is -2.29. The molecule has 2 amide bonds. The summed E-state index contributed by atoms with van der Waals surface area (Å²) in [5.41, 5.74) is 15.3. The van der Waals surface area contributed by atoms with E-state index in [-0.39, 0.29) is 43.2 Å². The number of nitrogens with one attached hydrogen (secondary N) is 1. The van der Waals surface area contributed by atoms with Crippen molar-refractivity contribution < 1.29 is 22.8 Å². The molecule has 5 N–H and O–H groups in total. The largest absolute Gasteiger partial charge is 0.352 e. The molecule has 2 aliphatic heterocycles. The van der Waals surface area contributed by atoms with E-state index in [2.05, 4.69) is 4.98 Å². The number of rotatable bonds is 9. The van der Waals surface area contributed by atoms with Crippen LogP contribution >= 0.6 is 0 Å². The van der Waals surface area contributed by atoms with E-state index in [0.29, 0.717) is 47.6 Å². The Bertz CT molecular complexity index is 1770. The fraction of sp³-hybridized carbons (Fsp3) is 0.500. The third-order valence-corrected chi connectivity index (χ3v) is 9.70. The number of amides is 2. The van der Waals surface area contributed by atoms with E-state index in [4.69, 9.17) is 16.5 Å². The highest BCUT2D eigenvalue weighted by Gasteiger charge is 2.39. The number of likely N-dealkylation sites (tertiary alicyclic amines) is 2. The minimum absolute atomic E-state index is 0.0199. The molecule has 9 nitrogen and oxygen atoms in total. The van der Waals surface area contributed by atoms with Crippen molar-refractivity contribution in [1.82, 2.24) is 24.3 Å². The SMILES string of the molecule is CC[C@H](N)C(=O)N1C[C@@H](F)C[C@H]1Cc1c(-c2nc3cc(F)ccc3n2C[C@@H]2CCCN2C(=O)[C@@H](N)C(C)C)[nH]c2cc(F)ccc12. The smallest absolute Gasteiger partial charge is 0.240 e. The van der Waals surface area contributed by atoms with Gasteiger partial charge in [0.15, 0.2) is 5.82 Å². The fourth-order valence-electron chi connectivity index (χ4n) is 7.06. The zero-order valence-corrected chi connectivity index (χ0v) is 26.5. The van der Waals surface area contributed by atoms with Gasteiger partial charge < -0.3 is 30.8 Å². The van der Waals surface area contributed by atoms with Gasteiger partial charge in [0.05, 0.1) is 35.4 Å². The second kappa shape index (κ2) is 12.7. The molecule has 0 bridgehead atoms. The molecular weight excluding hydrogens is 595 g/mol. The monoisotopic (exact) mass is 637 g/mol. The maximum Gasteiger partial charge on any atom is 0.240 e. The van der Waals surface area contributed by atoms with Crippen LogP contribution in [0.5, 0.6) is 0 Å². The number of halogens is 3. The molecule has 6 rings (SSSR count). The first-order valence-corrected chi connectivity index (χ1v) is 16.2. The molecule has 2 saturated heterocycles. The number of alkyl halides is 1. The number of nitrogens with two attached hydrogens (primary N) is 2. The van der Waals surface area contributed by atoms with Crippen molar-refractivity contribution in [2.75, 3.05) is 13.1 Å². The summed E-state index contributed by atoms with van der Waals surface area (Å²) in [6.07, 6.45) is 1.24. The topological polar surface area (TPSA) is 126 Å². The lowest BCUT2D eigenvalue weighted by Crippen LogP contribution is -2.49. The minimum Gasteiger partial charge on any atom is -0.352 e. The van der Waals surface area contributed by atoms with Gasteiger partial charge in [0.1, 0.15) is 17.8 Å². The Balaban J connectivity index is 1.46. The lowest BCUT2D eigenvalue weighted by atomic mass is 9.99. The summed E-state index contributed by atoms with van der Waals surface area (Å²) in [4.78, 5) is 38.2. The Kier molecular flexibility index (Phi) is 8.86. The third-order valence-electron chi connectivity index (χ3n) is 9.70. The predicted octanol–water partition coefficient (Wildman–Crippen LogP) is 4.66. The van der Waals surface area contributed by atoms with Crippen molar-refractivity contribution in [3.05, 3.63) is 53.6 Å². The first kappa shape index (κ1) is 32.1. The van der Waals surface area contributed by atoms with Crippen LogP contribution in [0.1, 0.15) is 52.0 Å². The molecule has 2 fully saturated rings.